The van der Waals surface area contributed by atoms with Gasteiger partial charge in [-0.3, -0.25) is 4.99 Å². The fraction of sp³-hybridized carbons (Fsp3) is 0.500. The van der Waals surface area contributed by atoms with E-state index in [-0.39, 0.29) is 11.9 Å². The topological polar surface area (TPSA) is 59.6 Å². The van der Waals surface area contributed by atoms with Crippen molar-refractivity contribution in [1.29, 1.82) is 0 Å². The molecule has 1 unspecified atom stereocenters. The molecular weight excluding hydrogens is 325 g/mol. The summed E-state index contributed by atoms with van der Waals surface area (Å²) in [6.07, 6.45) is 3.13. The van der Waals surface area contributed by atoms with Crippen molar-refractivity contribution in [3.63, 3.8) is 0 Å². The van der Waals surface area contributed by atoms with E-state index >= 15 is 0 Å². The van der Waals surface area contributed by atoms with Crippen LogP contribution in [0.5, 0.6) is 0 Å². The van der Waals surface area contributed by atoms with Crippen molar-refractivity contribution in [1.82, 2.24) is 5.32 Å². The molecule has 1 aromatic rings. The summed E-state index contributed by atoms with van der Waals surface area (Å²) in [4.78, 5) is 4.26. The molecule has 4 nitrogen and oxygen atoms in total. The number of ether oxygens (including phenoxy) is 1. The molecule has 6 heteroatoms. The minimum Gasteiger partial charge on any atom is -0.376 e. The van der Waals surface area contributed by atoms with Crippen molar-refractivity contribution in [3.8, 4) is 0 Å². The number of halogens is 2. The number of guanidine groups is 1. The zero-order valence-corrected chi connectivity index (χ0v) is 12.8. The molecule has 1 saturated heterocycles. The maximum absolute atomic E-state index is 13.1. The van der Waals surface area contributed by atoms with Crippen LogP contribution in [0.25, 0.3) is 0 Å². The molecule has 3 N–H and O–H groups in total. The normalized spacial score (nSPS) is 19.3. The summed E-state index contributed by atoms with van der Waals surface area (Å²) >= 11 is 3.17. The molecule has 0 radical (unpaired) electrons. The minimum absolute atomic E-state index is 0.211. The van der Waals surface area contributed by atoms with E-state index < -0.39 is 0 Å². The predicted octanol–water partition coefficient (Wildman–Crippen LogP) is 2.21. The number of nitrogens with one attached hydrogen (secondary N) is 1. The van der Waals surface area contributed by atoms with Gasteiger partial charge in [-0.1, -0.05) is 6.07 Å². The number of rotatable bonds is 5. The van der Waals surface area contributed by atoms with Gasteiger partial charge in [-0.25, -0.2) is 4.39 Å². The standard InChI is InChI=1S/C14H19BrFN3O/c15-12-8-10(3-4-13(12)16)5-6-18-14(17)19-9-11-2-1-7-20-11/h3-4,8,11H,1-2,5-7,9H2,(H3,17,18,19). The molecule has 110 valence electrons. The number of benzene rings is 1. The van der Waals surface area contributed by atoms with Crippen LogP contribution in [0.2, 0.25) is 0 Å². The molecule has 1 heterocycles. The lowest BCUT2D eigenvalue weighted by Gasteiger charge is -2.08. The van der Waals surface area contributed by atoms with E-state index in [1.54, 1.807) is 12.1 Å². The van der Waals surface area contributed by atoms with Crippen LogP contribution < -0.4 is 11.1 Å². The Morgan fingerprint density at radius 3 is 3.10 bits per heavy atom. The van der Waals surface area contributed by atoms with E-state index in [4.69, 9.17) is 10.5 Å². The third-order valence-electron chi connectivity index (χ3n) is 3.19. The number of hydrogen-bond donors (Lipinski definition) is 2. The van der Waals surface area contributed by atoms with Gasteiger partial charge in [0.2, 0.25) is 0 Å². The fourth-order valence-electron chi connectivity index (χ4n) is 2.07. The maximum Gasteiger partial charge on any atom is 0.188 e. The zero-order valence-electron chi connectivity index (χ0n) is 11.2. The number of nitrogens with two attached hydrogens (primary N) is 1. The second-order valence-electron chi connectivity index (χ2n) is 4.79. The zero-order chi connectivity index (χ0) is 14.4. The van der Waals surface area contributed by atoms with Crippen LogP contribution in [0.1, 0.15) is 18.4 Å². The molecule has 0 amide bonds. The molecule has 2 rings (SSSR count). The van der Waals surface area contributed by atoms with Crippen LogP contribution in [0.3, 0.4) is 0 Å². The highest BCUT2D eigenvalue weighted by atomic mass is 79.9. The van der Waals surface area contributed by atoms with Gasteiger partial charge < -0.3 is 15.8 Å². The first-order chi connectivity index (χ1) is 9.65. The number of hydrogen-bond acceptors (Lipinski definition) is 2. The van der Waals surface area contributed by atoms with Gasteiger partial charge in [0.05, 0.1) is 17.1 Å². The number of nitrogens with zero attached hydrogens (tertiary/aromatic N) is 1. The molecule has 0 bridgehead atoms. The van der Waals surface area contributed by atoms with Crippen LogP contribution in [0, 0.1) is 5.82 Å². The highest BCUT2D eigenvalue weighted by Gasteiger charge is 2.14. The first-order valence-corrected chi connectivity index (χ1v) is 7.54. The van der Waals surface area contributed by atoms with Crippen molar-refractivity contribution in [2.45, 2.75) is 25.4 Å². The van der Waals surface area contributed by atoms with Crippen LogP contribution in [0.4, 0.5) is 4.39 Å². The van der Waals surface area contributed by atoms with Crippen LogP contribution in [-0.2, 0) is 11.2 Å². The third kappa shape index (κ3) is 4.76. The second kappa shape index (κ2) is 7.59. The van der Waals surface area contributed by atoms with Gasteiger partial charge >= 0.3 is 0 Å². The van der Waals surface area contributed by atoms with Crippen molar-refractivity contribution in [2.24, 2.45) is 10.7 Å². The van der Waals surface area contributed by atoms with E-state index in [1.165, 1.54) is 6.07 Å². The summed E-state index contributed by atoms with van der Waals surface area (Å²) < 4.78 is 19.0. The predicted molar refractivity (Wildman–Crippen MR) is 81.3 cm³/mol. The molecule has 1 aliphatic heterocycles. The SMILES string of the molecule is NC(=NCC1CCCO1)NCCc1ccc(F)c(Br)c1. The molecule has 1 aromatic carbocycles. The Hall–Kier alpha value is -1.14. The maximum atomic E-state index is 13.1. The lowest BCUT2D eigenvalue weighted by Crippen LogP contribution is -2.34. The minimum atomic E-state index is -0.251. The van der Waals surface area contributed by atoms with Gasteiger partial charge in [-0.2, -0.15) is 0 Å². The molecule has 0 saturated carbocycles. The molecule has 0 spiro atoms. The highest BCUT2D eigenvalue weighted by Crippen LogP contribution is 2.16. The average molecular weight is 344 g/mol. The summed E-state index contributed by atoms with van der Waals surface area (Å²) in [6.45, 7) is 2.10. The lowest BCUT2D eigenvalue weighted by atomic mass is 10.1. The first-order valence-electron chi connectivity index (χ1n) is 6.74. The smallest absolute Gasteiger partial charge is 0.188 e. The van der Waals surface area contributed by atoms with Crippen molar-refractivity contribution < 1.29 is 9.13 Å². The highest BCUT2D eigenvalue weighted by molar-refractivity contribution is 9.10. The molecule has 0 aliphatic carbocycles. The molecule has 0 aromatic heterocycles. The van der Waals surface area contributed by atoms with Crippen molar-refractivity contribution in [2.75, 3.05) is 19.7 Å². The monoisotopic (exact) mass is 343 g/mol. The van der Waals surface area contributed by atoms with Crippen LogP contribution in [-0.4, -0.2) is 31.8 Å². The Morgan fingerprint density at radius 2 is 2.40 bits per heavy atom. The van der Waals surface area contributed by atoms with E-state index in [2.05, 4.69) is 26.2 Å². The Balaban J connectivity index is 1.71. The van der Waals surface area contributed by atoms with Gasteiger partial charge in [-0.05, 0) is 52.9 Å². The van der Waals surface area contributed by atoms with Gasteiger partial charge in [0.1, 0.15) is 5.82 Å². The summed E-state index contributed by atoms with van der Waals surface area (Å²) in [7, 11) is 0. The summed E-state index contributed by atoms with van der Waals surface area (Å²) in [6, 6.07) is 4.99. The summed E-state index contributed by atoms with van der Waals surface area (Å²) in [5.41, 5.74) is 6.82. The first kappa shape index (κ1) is 15.3. The molecule has 1 fully saturated rings. The van der Waals surface area contributed by atoms with E-state index in [1.807, 2.05) is 0 Å². The molecule has 20 heavy (non-hydrogen) atoms. The third-order valence-corrected chi connectivity index (χ3v) is 3.80. The van der Waals surface area contributed by atoms with Crippen LogP contribution >= 0.6 is 15.9 Å². The van der Waals surface area contributed by atoms with Gasteiger partial charge in [0.15, 0.2) is 5.96 Å². The quantitative estimate of drug-likeness (QED) is 0.636. The molecular formula is C14H19BrFN3O. The van der Waals surface area contributed by atoms with Crippen LogP contribution in [0.15, 0.2) is 27.7 Å². The second-order valence-corrected chi connectivity index (χ2v) is 5.64. The van der Waals surface area contributed by atoms with Gasteiger partial charge in [-0.15, -0.1) is 0 Å². The number of aliphatic imine (C=N–C) groups is 1. The van der Waals surface area contributed by atoms with Crippen molar-refractivity contribution >= 4 is 21.9 Å². The lowest BCUT2D eigenvalue weighted by molar-refractivity contribution is 0.118. The largest absolute Gasteiger partial charge is 0.376 e. The average Bonchev–Trinajstić information content (AvgIpc) is 2.94. The Kier molecular flexibility index (Phi) is 5.79. The van der Waals surface area contributed by atoms with Crippen molar-refractivity contribution in [3.05, 3.63) is 34.1 Å². The Morgan fingerprint density at radius 1 is 1.55 bits per heavy atom. The fourth-order valence-corrected chi connectivity index (χ4v) is 2.50. The van der Waals surface area contributed by atoms with E-state index in [0.29, 0.717) is 23.5 Å². The Bertz CT molecular complexity index is 475. The van der Waals surface area contributed by atoms with E-state index in [9.17, 15) is 4.39 Å². The summed E-state index contributed by atoms with van der Waals surface area (Å²) in [5, 5.41) is 3.05. The van der Waals surface area contributed by atoms with Gasteiger partial charge in [0, 0.05) is 13.2 Å². The Labute approximate surface area is 126 Å². The summed E-state index contributed by atoms with van der Waals surface area (Å²) in [5.74, 6) is 0.182. The molecule has 1 aliphatic rings. The van der Waals surface area contributed by atoms with E-state index in [0.717, 1.165) is 31.4 Å². The molecule has 1 atom stereocenters. The van der Waals surface area contributed by atoms with Gasteiger partial charge in [0.25, 0.3) is 0 Å².